The molecule has 1 aromatic heterocycles. The van der Waals surface area contributed by atoms with Crippen LogP contribution in [0.1, 0.15) is 49.4 Å². The number of nitrogens with one attached hydrogen (secondary N) is 1. The molecule has 4 nitrogen and oxygen atoms in total. The fourth-order valence-electron chi connectivity index (χ4n) is 3.48. The van der Waals surface area contributed by atoms with Gasteiger partial charge in [0, 0.05) is 11.4 Å². The van der Waals surface area contributed by atoms with Gasteiger partial charge >= 0.3 is 0 Å². The first kappa shape index (κ1) is 15.0. The van der Waals surface area contributed by atoms with Crippen molar-refractivity contribution in [3.63, 3.8) is 0 Å². The van der Waals surface area contributed by atoms with Crippen LogP contribution in [0.25, 0.3) is 0 Å². The molecule has 2 fully saturated rings. The van der Waals surface area contributed by atoms with Crippen LogP contribution < -0.4 is 5.32 Å². The quantitative estimate of drug-likeness (QED) is 0.877. The van der Waals surface area contributed by atoms with E-state index in [0.29, 0.717) is 19.4 Å². The van der Waals surface area contributed by atoms with E-state index in [2.05, 4.69) is 27.7 Å². The minimum Gasteiger partial charge on any atom is -0.380 e. The summed E-state index contributed by atoms with van der Waals surface area (Å²) in [5, 5.41) is 15.4. The van der Waals surface area contributed by atoms with Gasteiger partial charge in [-0.05, 0) is 63.1 Å². The van der Waals surface area contributed by atoms with Crippen LogP contribution in [0.3, 0.4) is 0 Å². The molecule has 3 rings (SSSR count). The Morgan fingerprint density at radius 3 is 2.67 bits per heavy atom. The maximum atomic E-state index is 12.3. The van der Waals surface area contributed by atoms with Crippen LogP contribution in [0.5, 0.6) is 0 Å². The van der Waals surface area contributed by atoms with Gasteiger partial charge < -0.3 is 10.4 Å². The van der Waals surface area contributed by atoms with Gasteiger partial charge in [-0.2, -0.15) is 0 Å². The first-order chi connectivity index (χ1) is 10.2. The lowest BCUT2D eigenvalue weighted by atomic mass is 10.0. The second-order valence-corrected chi connectivity index (χ2v) is 7.20. The van der Waals surface area contributed by atoms with Crippen molar-refractivity contribution < 1.29 is 9.90 Å². The highest BCUT2D eigenvalue weighted by Crippen LogP contribution is 2.31. The van der Waals surface area contributed by atoms with Crippen molar-refractivity contribution in [3.8, 4) is 0 Å². The van der Waals surface area contributed by atoms with Crippen molar-refractivity contribution in [3.05, 3.63) is 22.4 Å². The lowest BCUT2D eigenvalue weighted by Crippen LogP contribution is -2.47. The Balaban J connectivity index is 1.63. The average Bonchev–Trinajstić information content (AvgIpc) is 3.21. The summed E-state index contributed by atoms with van der Waals surface area (Å²) in [5.41, 5.74) is -1.12. The van der Waals surface area contributed by atoms with Gasteiger partial charge in [-0.3, -0.25) is 9.69 Å². The summed E-state index contributed by atoms with van der Waals surface area (Å²) in [6.07, 6.45) is 5.58. The number of amides is 1. The summed E-state index contributed by atoms with van der Waals surface area (Å²) in [5.74, 6) is -0.180. The van der Waals surface area contributed by atoms with Crippen LogP contribution in [-0.4, -0.2) is 41.1 Å². The molecule has 1 atom stereocenters. The third-order valence-electron chi connectivity index (χ3n) is 4.76. The molecule has 1 aromatic rings. The van der Waals surface area contributed by atoms with E-state index in [-0.39, 0.29) is 11.9 Å². The molecule has 0 bridgehead atoms. The highest BCUT2D eigenvalue weighted by Gasteiger charge is 2.39. The number of hydrogen-bond donors (Lipinski definition) is 2. The number of rotatable bonds is 5. The molecule has 21 heavy (non-hydrogen) atoms. The first-order valence-electron chi connectivity index (χ1n) is 7.97. The van der Waals surface area contributed by atoms with Crippen molar-refractivity contribution in [2.45, 2.75) is 50.2 Å². The topological polar surface area (TPSA) is 52.6 Å². The van der Waals surface area contributed by atoms with Crippen LogP contribution in [0.15, 0.2) is 17.5 Å². The zero-order valence-electron chi connectivity index (χ0n) is 12.4. The summed E-state index contributed by atoms with van der Waals surface area (Å²) in [6.45, 7) is 2.80. The number of thiophene rings is 1. The maximum Gasteiger partial charge on any atom is 0.252 e. The van der Waals surface area contributed by atoms with Crippen LogP contribution in [-0.2, 0) is 4.79 Å². The van der Waals surface area contributed by atoms with Crippen LogP contribution >= 0.6 is 11.3 Å². The molecular formula is C16H24N2O2S. The predicted octanol–water partition coefficient (Wildman–Crippen LogP) is 2.31. The maximum absolute atomic E-state index is 12.3. The first-order valence-corrected chi connectivity index (χ1v) is 8.85. The Morgan fingerprint density at radius 1 is 1.33 bits per heavy atom. The number of carbonyl (C=O) groups excluding carboxylic acids is 1. The van der Waals surface area contributed by atoms with Crippen molar-refractivity contribution in [1.82, 2.24) is 10.2 Å². The highest BCUT2D eigenvalue weighted by atomic mass is 32.1. The van der Waals surface area contributed by atoms with E-state index >= 15 is 0 Å². The van der Waals surface area contributed by atoms with Gasteiger partial charge in [-0.1, -0.05) is 6.07 Å². The normalized spacial score (nSPS) is 23.3. The van der Waals surface area contributed by atoms with E-state index < -0.39 is 5.60 Å². The largest absolute Gasteiger partial charge is 0.380 e. The fraction of sp³-hybridized carbons (Fsp3) is 0.688. The summed E-state index contributed by atoms with van der Waals surface area (Å²) in [7, 11) is 0. The Labute approximate surface area is 130 Å². The Bertz CT molecular complexity index is 463. The summed E-state index contributed by atoms with van der Waals surface area (Å²) >= 11 is 1.75. The Morgan fingerprint density at radius 2 is 2.05 bits per heavy atom. The molecule has 1 unspecified atom stereocenters. The molecule has 116 valence electrons. The second-order valence-electron chi connectivity index (χ2n) is 6.22. The monoisotopic (exact) mass is 308 g/mol. The van der Waals surface area contributed by atoms with Gasteiger partial charge in [0.2, 0.25) is 0 Å². The number of hydrogen-bond acceptors (Lipinski definition) is 4. The van der Waals surface area contributed by atoms with Crippen molar-refractivity contribution in [1.29, 1.82) is 0 Å². The van der Waals surface area contributed by atoms with E-state index in [1.54, 1.807) is 11.3 Å². The van der Waals surface area contributed by atoms with Crippen molar-refractivity contribution in [2.24, 2.45) is 0 Å². The van der Waals surface area contributed by atoms with Gasteiger partial charge in [-0.15, -0.1) is 11.3 Å². The van der Waals surface area contributed by atoms with E-state index in [1.807, 2.05) is 0 Å². The molecule has 2 N–H and O–H groups in total. The fourth-order valence-corrected chi connectivity index (χ4v) is 4.35. The number of nitrogens with zero attached hydrogens (tertiary/aromatic N) is 1. The minimum absolute atomic E-state index is 0.180. The van der Waals surface area contributed by atoms with Crippen LogP contribution in [0, 0.1) is 0 Å². The van der Waals surface area contributed by atoms with Gasteiger partial charge in [0.1, 0.15) is 5.60 Å². The number of likely N-dealkylation sites (tertiary alicyclic amines) is 1. The molecule has 1 amide bonds. The Hall–Kier alpha value is -0.910. The lowest BCUT2D eigenvalue weighted by molar-refractivity contribution is -0.139. The van der Waals surface area contributed by atoms with E-state index in [0.717, 1.165) is 25.9 Å². The van der Waals surface area contributed by atoms with Gasteiger partial charge in [0.15, 0.2) is 0 Å². The number of carbonyl (C=O) groups is 1. The van der Waals surface area contributed by atoms with Crippen LogP contribution in [0.2, 0.25) is 0 Å². The average molecular weight is 308 g/mol. The molecule has 0 radical (unpaired) electrons. The van der Waals surface area contributed by atoms with E-state index in [4.69, 9.17) is 0 Å². The third kappa shape index (κ3) is 3.30. The zero-order chi connectivity index (χ0) is 14.7. The lowest BCUT2D eigenvalue weighted by Gasteiger charge is -2.29. The molecule has 1 aliphatic heterocycles. The standard InChI is InChI=1S/C16H24N2O2S/c19-15(16(20)7-1-2-8-16)17-12-13(14-6-5-11-21-14)18-9-3-4-10-18/h5-6,11,13,20H,1-4,7-10,12H2,(H,17,19). The van der Waals surface area contributed by atoms with Crippen molar-refractivity contribution in [2.75, 3.05) is 19.6 Å². The smallest absolute Gasteiger partial charge is 0.252 e. The molecule has 1 aliphatic carbocycles. The molecule has 2 heterocycles. The predicted molar refractivity (Wildman–Crippen MR) is 84.3 cm³/mol. The molecule has 1 saturated heterocycles. The number of aliphatic hydroxyl groups is 1. The van der Waals surface area contributed by atoms with Crippen molar-refractivity contribution >= 4 is 17.2 Å². The SMILES string of the molecule is O=C(NCC(c1cccs1)N1CCCC1)C1(O)CCCC1. The molecular weight excluding hydrogens is 284 g/mol. The molecule has 0 aromatic carbocycles. The third-order valence-corrected chi connectivity index (χ3v) is 5.74. The van der Waals surface area contributed by atoms with Crippen LogP contribution in [0.4, 0.5) is 0 Å². The van der Waals surface area contributed by atoms with Gasteiger partial charge in [0.05, 0.1) is 6.04 Å². The molecule has 0 spiro atoms. The molecule has 5 heteroatoms. The summed E-state index contributed by atoms with van der Waals surface area (Å²) in [4.78, 5) is 16.0. The summed E-state index contributed by atoms with van der Waals surface area (Å²) in [6, 6.07) is 4.46. The molecule has 1 saturated carbocycles. The van der Waals surface area contributed by atoms with Gasteiger partial charge in [-0.25, -0.2) is 0 Å². The zero-order valence-corrected chi connectivity index (χ0v) is 13.2. The second kappa shape index (κ2) is 6.46. The van der Waals surface area contributed by atoms with E-state index in [1.165, 1.54) is 17.7 Å². The minimum atomic E-state index is -1.12. The highest BCUT2D eigenvalue weighted by molar-refractivity contribution is 7.10. The van der Waals surface area contributed by atoms with Gasteiger partial charge in [0.25, 0.3) is 5.91 Å². The Kier molecular flexibility index (Phi) is 4.62. The molecule has 2 aliphatic rings. The summed E-state index contributed by atoms with van der Waals surface area (Å²) < 4.78 is 0. The van der Waals surface area contributed by atoms with E-state index in [9.17, 15) is 9.90 Å².